The summed E-state index contributed by atoms with van der Waals surface area (Å²) < 4.78 is 0. The zero-order valence-corrected chi connectivity index (χ0v) is 13.0. The molecule has 2 heterocycles. The lowest BCUT2D eigenvalue weighted by molar-refractivity contribution is -0.130. The molecular weight excluding hydrogens is 270 g/mol. The molecule has 1 unspecified atom stereocenters. The Morgan fingerprint density at radius 2 is 2.30 bits per heavy atom. The molecule has 1 saturated heterocycles. The molecule has 0 N–H and O–H groups in total. The van der Waals surface area contributed by atoms with Gasteiger partial charge in [0.2, 0.25) is 5.91 Å². The summed E-state index contributed by atoms with van der Waals surface area (Å²) in [5.74, 6) is 1.16. The third-order valence-electron chi connectivity index (χ3n) is 4.13. The molecule has 0 spiro atoms. The molecule has 0 aromatic carbocycles. The average molecular weight is 293 g/mol. The smallest absolute Gasteiger partial charge is 0.222 e. The van der Waals surface area contributed by atoms with Gasteiger partial charge < -0.3 is 4.90 Å². The van der Waals surface area contributed by atoms with Crippen LogP contribution in [-0.2, 0) is 4.79 Å². The number of nitrogens with zero attached hydrogens (tertiary/aromatic N) is 1. The fraction of sp³-hybridized carbons (Fsp3) is 0.625. The number of hydrogen-bond donors (Lipinski definition) is 0. The largest absolute Gasteiger partial charge is 0.343 e. The number of likely N-dealkylation sites (tertiary alicyclic amines) is 1. The van der Waals surface area contributed by atoms with Crippen LogP contribution in [0.4, 0.5) is 0 Å². The molecule has 1 aromatic rings. The maximum atomic E-state index is 12.0. The maximum Gasteiger partial charge on any atom is 0.222 e. The minimum absolute atomic E-state index is 0.203. The van der Waals surface area contributed by atoms with Crippen molar-refractivity contribution in [2.24, 2.45) is 5.92 Å². The first kappa shape index (κ1) is 15.2. The van der Waals surface area contributed by atoms with Gasteiger partial charge in [-0.3, -0.25) is 9.59 Å². The number of ketones is 1. The topological polar surface area (TPSA) is 37.4 Å². The Morgan fingerprint density at radius 3 is 3.00 bits per heavy atom. The summed E-state index contributed by atoms with van der Waals surface area (Å²) >= 11 is 1.49. The summed E-state index contributed by atoms with van der Waals surface area (Å²) in [5, 5.41) is 1.93. The quantitative estimate of drug-likeness (QED) is 0.749. The second-order valence-corrected chi connectivity index (χ2v) is 6.43. The van der Waals surface area contributed by atoms with Crippen molar-refractivity contribution in [3.8, 4) is 0 Å². The van der Waals surface area contributed by atoms with Crippen LogP contribution in [-0.4, -0.2) is 29.7 Å². The van der Waals surface area contributed by atoms with Crippen molar-refractivity contribution in [3.05, 3.63) is 22.4 Å². The molecule has 110 valence electrons. The highest BCUT2D eigenvalue weighted by Gasteiger charge is 2.21. The van der Waals surface area contributed by atoms with Crippen LogP contribution in [0.5, 0.6) is 0 Å². The lowest BCUT2D eigenvalue weighted by Gasteiger charge is -2.20. The van der Waals surface area contributed by atoms with Crippen molar-refractivity contribution in [1.29, 1.82) is 0 Å². The Kier molecular flexibility index (Phi) is 5.77. The fourth-order valence-corrected chi connectivity index (χ4v) is 3.42. The van der Waals surface area contributed by atoms with E-state index >= 15 is 0 Å². The second kappa shape index (κ2) is 7.58. The first-order valence-electron chi connectivity index (χ1n) is 7.55. The van der Waals surface area contributed by atoms with Crippen molar-refractivity contribution in [3.63, 3.8) is 0 Å². The number of Topliss-reactive ketones (excluding diaryl/α,β-unsaturated/α-hetero) is 1. The zero-order chi connectivity index (χ0) is 14.4. The van der Waals surface area contributed by atoms with Gasteiger partial charge in [0, 0.05) is 25.9 Å². The molecule has 1 atom stereocenters. The molecule has 0 radical (unpaired) electrons. The number of thiophene rings is 1. The Morgan fingerprint density at radius 1 is 1.45 bits per heavy atom. The monoisotopic (exact) mass is 293 g/mol. The van der Waals surface area contributed by atoms with Crippen LogP contribution in [0.2, 0.25) is 0 Å². The summed E-state index contributed by atoms with van der Waals surface area (Å²) in [7, 11) is 0. The molecule has 3 nitrogen and oxygen atoms in total. The summed E-state index contributed by atoms with van der Waals surface area (Å²) in [6.07, 6.45) is 5.30. The predicted octanol–water partition coefficient (Wildman–Crippen LogP) is 3.75. The molecule has 0 aliphatic carbocycles. The molecule has 1 aromatic heterocycles. The molecule has 2 rings (SSSR count). The van der Waals surface area contributed by atoms with Crippen LogP contribution in [0.1, 0.15) is 55.1 Å². The Hall–Kier alpha value is -1.16. The number of amides is 1. The maximum absolute atomic E-state index is 12.0. The number of carbonyl (C=O) groups is 2. The molecule has 20 heavy (non-hydrogen) atoms. The van der Waals surface area contributed by atoms with Crippen molar-refractivity contribution in [2.75, 3.05) is 13.1 Å². The van der Waals surface area contributed by atoms with Crippen LogP contribution in [0, 0.1) is 5.92 Å². The summed E-state index contributed by atoms with van der Waals surface area (Å²) in [6.45, 7) is 3.79. The van der Waals surface area contributed by atoms with Gasteiger partial charge in [-0.25, -0.2) is 0 Å². The van der Waals surface area contributed by atoms with Gasteiger partial charge >= 0.3 is 0 Å². The molecule has 1 amide bonds. The molecule has 1 aliphatic rings. The van der Waals surface area contributed by atoms with E-state index < -0.39 is 0 Å². The molecule has 0 bridgehead atoms. The highest BCUT2D eigenvalue weighted by atomic mass is 32.1. The summed E-state index contributed by atoms with van der Waals surface area (Å²) in [6, 6.07) is 3.77. The standard InChI is InChI=1S/C16H23NO2S/c1-2-13-7-8-16(19)17(11-9-13)10-3-5-14(18)15-6-4-12-20-15/h4,6,12-13H,2-3,5,7-11H2,1H3. The van der Waals surface area contributed by atoms with E-state index in [4.69, 9.17) is 0 Å². The molecule has 4 heteroatoms. The van der Waals surface area contributed by atoms with E-state index in [1.807, 2.05) is 22.4 Å². The fourth-order valence-electron chi connectivity index (χ4n) is 2.73. The highest BCUT2D eigenvalue weighted by molar-refractivity contribution is 7.12. The third-order valence-corrected chi connectivity index (χ3v) is 5.04. The number of rotatable bonds is 6. The van der Waals surface area contributed by atoms with Crippen LogP contribution in [0.3, 0.4) is 0 Å². The van der Waals surface area contributed by atoms with Crippen LogP contribution >= 0.6 is 11.3 Å². The van der Waals surface area contributed by atoms with E-state index in [9.17, 15) is 9.59 Å². The van der Waals surface area contributed by atoms with E-state index in [0.29, 0.717) is 18.8 Å². The minimum Gasteiger partial charge on any atom is -0.343 e. The zero-order valence-electron chi connectivity index (χ0n) is 12.1. The Bertz CT molecular complexity index is 441. The molecule has 0 saturated carbocycles. The van der Waals surface area contributed by atoms with Gasteiger partial charge in [0.25, 0.3) is 0 Å². The first-order chi connectivity index (χ1) is 9.70. The number of hydrogen-bond acceptors (Lipinski definition) is 3. The van der Waals surface area contributed by atoms with Crippen molar-refractivity contribution >= 4 is 23.0 Å². The normalized spacial score (nSPS) is 19.9. The molecule has 1 aliphatic heterocycles. The second-order valence-electron chi connectivity index (χ2n) is 5.49. The van der Waals surface area contributed by atoms with Crippen molar-refractivity contribution in [2.45, 2.75) is 45.4 Å². The molecule has 1 fully saturated rings. The van der Waals surface area contributed by atoms with E-state index in [1.54, 1.807) is 0 Å². The van der Waals surface area contributed by atoms with E-state index in [1.165, 1.54) is 11.3 Å². The SMILES string of the molecule is CCC1CCC(=O)N(CCCC(=O)c2cccs2)CC1. The Balaban J connectivity index is 1.75. The van der Waals surface area contributed by atoms with E-state index in [-0.39, 0.29) is 11.7 Å². The van der Waals surface area contributed by atoms with E-state index in [0.717, 1.165) is 43.6 Å². The lowest BCUT2D eigenvalue weighted by Crippen LogP contribution is -2.31. The Labute approximate surface area is 125 Å². The van der Waals surface area contributed by atoms with Gasteiger partial charge in [0.15, 0.2) is 5.78 Å². The summed E-state index contributed by atoms with van der Waals surface area (Å²) in [4.78, 5) is 26.7. The van der Waals surface area contributed by atoms with Gasteiger partial charge in [0.05, 0.1) is 4.88 Å². The van der Waals surface area contributed by atoms with E-state index in [2.05, 4.69) is 6.92 Å². The highest BCUT2D eigenvalue weighted by Crippen LogP contribution is 2.21. The minimum atomic E-state index is 0.203. The van der Waals surface area contributed by atoms with Gasteiger partial charge in [-0.05, 0) is 36.6 Å². The van der Waals surface area contributed by atoms with Gasteiger partial charge in [-0.2, -0.15) is 0 Å². The number of carbonyl (C=O) groups excluding carboxylic acids is 2. The van der Waals surface area contributed by atoms with Crippen molar-refractivity contribution < 1.29 is 9.59 Å². The van der Waals surface area contributed by atoms with Crippen LogP contribution in [0.25, 0.3) is 0 Å². The summed E-state index contributed by atoms with van der Waals surface area (Å²) in [5.41, 5.74) is 0. The first-order valence-corrected chi connectivity index (χ1v) is 8.43. The van der Waals surface area contributed by atoms with Gasteiger partial charge in [-0.15, -0.1) is 11.3 Å². The lowest BCUT2D eigenvalue weighted by atomic mass is 9.98. The van der Waals surface area contributed by atoms with Gasteiger partial charge in [0.1, 0.15) is 0 Å². The van der Waals surface area contributed by atoms with Gasteiger partial charge in [-0.1, -0.05) is 19.4 Å². The third kappa shape index (κ3) is 4.17. The molecular formula is C16H23NO2S. The van der Waals surface area contributed by atoms with Crippen LogP contribution < -0.4 is 0 Å². The van der Waals surface area contributed by atoms with Crippen LogP contribution in [0.15, 0.2) is 17.5 Å². The van der Waals surface area contributed by atoms with Crippen molar-refractivity contribution in [1.82, 2.24) is 4.90 Å². The average Bonchev–Trinajstić information content (AvgIpc) is 2.93. The predicted molar refractivity (Wildman–Crippen MR) is 82.1 cm³/mol.